The Balaban J connectivity index is 3.31. The molecule has 0 aliphatic heterocycles. The molecule has 0 fully saturated rings. The molecule has 4 nitrogen and oxygen atoms in total. The molecule has 0 unspecified atom stereocenters. The number of primary amides is 1. The molecule has 0 bridgehead atoms. The van der Waals surface area contributed by atoms with Crippen LogP contribution in [0.1, 0.15) is 25.0 Å². The van der Waals surface area contributed by atoms with Crippen molar-refractivity contribution in [1.82, 2.24) is 0 Å². The number of amides is 1. The first-order valence-electron chi connectivity index (χ1n) is 6.24. The van der Waals surface area contributed by atoms with Gasteiger partial charge in [-0.1, -0.05) is 12.1 Å². The molecule has 1 aromatic carbocycles. The van der Waals surface area contributed by atoms with Crippen molar-refractivity contribution in [1.29, 1.82) is 0 Å². The van der Waals surface area contributed by atoms with Crippen molar-refractivity contribution in [3.63, 3.8) is 0 Å². The molecule has 2 N–H and O–H groups in total. The number of carbonyl (C=O) groups excluding carboxylic acids is 1. The summed E-state index contributed by atoms with van der Waals surface area (Å²) in [5.41, 5.74) is 8.53. The summed E-state index contributed by atoms with van der Waals surface area (Å²) in [6.07, 6.45) is 0. The Bertz CT molecular complexity index is 492. The number of carbonyl (C=O) groups is 1. The zero-order chi connectivity index (χ0) is 14.4. The van der Waals surface area contributed by atoms with Crippen LogP contribution in [-0.4, -0.2) is 26.2 Å². The minimum absolute atomic E-state index is 0.394. The van der Waals surface area contributed by atoms with Crippen LogP contribution in [0, 0.1) is 6.92 Å². The molecule has 4 heteroatoms. The quantitative estimate of drug-likeness (QED) is 0.801. The lowest BCUT2D eigenvalue weighted by molar-refractivity contribution is -0.112. The molecule has 0 spiro atoms. The van der Waals surface area contributed by atoms with Gasteiger partial charge in [0.05, 0.1) is 13.7 Å². The van der Waals surface area contributed by atoms with E-state index in [1.165, 1.54) is 0 Å². The first-order valence-corrected chi connectivity index (χ1v) is 6.24. The second-order valence-electron chi connectivity index (χ2n) is 4.29. The monoisotopic (exact) mass is 263 g/mol. The summed E-state index contributed by atoms with van der Waals surface area (Å²) >= 11 is 0. The van der Waals surface area contributed by atoms with Crippen molar-refractivity contribution in [2.75, 3.05) is 20.3 Å². The third kappa shape index (κ3) is 3.58. The Morgan fingerprint density at radius 3 is 2.58 bits per heavy atom. The lowest BCUT2D eigenvalue weighted by Gasteiger charge is -2.14. The van der Waals surface area contributed by atoms with Gasteiger partial charge in [0, 0.05) is 12.2 Å². The highest BCUT2D eigenvalue weighted by Crippen LogP contribution is 2.28. The third-order valence-corrected chi connectivity index (χ3v) is 2.97. The van der Waals surface area contributed by atoms with Crippen LogP contribution in [0.4, 0.5) is 0 Å². The van der Waals surface area contributed by atoms with Crippen molar-refractivity contribution in [3.8, 4) is 5.75 Å². The van der Waals surface area contributed by atoms with E-state index in [0.717, 1.165) is 22.4 Å². The first-order chi connectivity index (χ1) is 9.02. The van der Waals surface area contributed by atoms with E-state index < -0.39 is 5.91 Å². The van der Waals surface area contributed by atoms with Crippen LogP contribution in [0.3, 0.4) is 0 Å². The SMILES string of the molecule is CCOC/C(C)=C(/C(N)=O)c1cccc(OC)c1C. The van der Waals surface area contributed by atoms with E-state index in [4.69, 9.17) is 15.2 Å². The van der Waals surface area contributed by atoms with Crippen LogP contribution in [0.2, 0.25) is 0 Å². The zero-order valence-corrected chi connectivity index (χ0v) is 11.9. The summed E-state index contributed by atoms with van der Waals surface area (Å²) in [5.74, 6) is 0.286. The summed E-state index contributed by atoms with van der Waals surface area (Å²) in [4.78, 5) is 11.7. The van der Waals surface area contributed by atoms with E-state index in [1.54, 1.807) is 7.11 Å². The molecule has 0 aliphatic rings. The smallest absolute Gasteiger partial charge is 0.249 e. The minimum atomic E-state index is -0.450. The maximum atomic E-state index is 11.7. The highest BCUT2D eigenvalue weighted by molar-refractivity contribution is 6.20. The Morgan fingerprint density at radius 2 is 2.05 bits per heavy atom. The number of hydrogen-bond acceptors (Lipinski definition) is 3. The van der Waals surface area contributed by atoms with E-state index >= 15 is 0 Å². The molecule has 0 heterocycles. The Morgan fingerprint density at radius 1 is 1.37 bits per heavy atom. The molecular weight excluding hydrogens is 242 g/mol. The fourth-order valence-corrected chi connectivity index (χ4v) is 2.01. The summed E-state index contributed by atoms with van der Waals surface area (Å²) in [5, 5.41) is 0. The number of benzene rings is 1. The summed E-state index contributed by atoms with van der Waals surface area (Å²) in [6.45, 7) is 6.67. The van der Waals surface area contributed by atoms with Gasteiger partial charge in [0.25, 0.3) is 0 Å². The van der Waals surface area contributed by atoms with Crippen LogP contribution in [-0.2, 0) is 9.53 Å². The van der Waals surface area contributed by atoms with Gasteiger partial charge in [-0.05, 0) is 43.5 Å². The maximum absolute atomic E-state index is 11.7. The molecule has 1 rings (SSSR count). The first kappa shape index (κ1) is 15.2. The minimum Gasteiger partial charge on any atom is -0.496 e. The van der Waals surface area contributed by atoms with E-state index in [-0.39, 0.29) is 0 Å². The van der Waals surface area contributed by atoms with Gasteiger partial charge in [-0.3, -0.25) is 4.79 Å². The third-order valence-electron chi connectivity index (χ3n) is 2.97. The zero-order valence-electron chi connectivity index (χ0n) is 11.9. The van der Waals surface area contributed by atoms with E-state index in [1.807, 2.05) is 39.0 Å². The number of ether oxygens (including phenoxy) is 2. The number of nitrogens with two attached hydrogens (primary N) is 1. The second kappa shape index (κ2) is 6.95. The van der Waals surface area contributed by atoms with Crippen LogP contribution >= 0.6 is 0 Å². The molecule has 104 valence electrons. The number of hydrogen-bond donors (Lipinski definition) is 1. The fraction of sp³-hybridized carbons (Fsp3) is 0.400. The molecule has 19 heavy (non-hydrogen) atoms. The second-order valence-corrected chi connectivity index (χ2v) is 4.29. The van der Waals surface area contributed by atoms with Crippen molar-refractivity contribution in [3.05, 3.63) is 34.9 Å². The van der Waals surface area contributed by atoms with Crippen LogP contribution < -0.4 is 10.5 Å². The van der Waals surface area contributed by atoms with Gasteiger partial charge in [-0.25, -0.2) is 0 Å². The molecule has 1 amide bonds. The average molecular weight is 263 g/mol. The lowest BCUT2D eigenvalue weighted by atomic mass is 9.95. The predicted octanol–water partition coefficient (Wildman–Crippen LogP) is 2.30. The lowest BCUT2D eigenvalue weighted by Crippen LogP contribution is -2.17. The molecule has 0 radical (unpaired) electrons. The summed E-state index contributed by atoms with van der Waals surface area (Å²) in [7, 11) is 1.60. The molecule has 1 aromatic rings. The van der Waals surface area contributed by atoms with Crippen LogP contribution in [0.15, 0.2) is 23.8 Å². The molecule has 0 aromatic heterocycles. The van der Waals surface area contributed by atoms with Crippen molar-refractivity contribution >= 4 is 11.5 Å². The van der Waals surface area contributed by atoms with Crippen molar-refractivity contribution in [2.45, 2.75) is 20.8 Å². The van der Waals surface area contributed by atoms with Gasteiger partial charge < -0.3 is 15.2 Å². The molecular formula is C15H21NO3. The standard InChI is InChI=1S/C15H21NO3/c1-5-19-9-10(2)14(15(16)17)12-7-6-8-13(18-4)11(12)3/h6-8H,5,9H2,1-4H3,(H2,16,17)/b14-10+. The van der Waals surface area contributed by atoms with E-state index in [0.29, 0.717) is 18.8 Å². The van der Waals surface area contributed by atoms with Crippen molar-refractivity contribution < 1.29 is 14.3 Å². The summed E-state index contributed by atoms with van der Waals surface area (Å²) in [6, 6.07) is 5.57. The summed E-state index contributed by atoms with van der Waals surface area (Å²) < 4.78 is 10.6. The van der Waals surface area contributed by atoms with Gasteiger partial charge in [-0.15, -0.1) is 0 Å². The number of rotatable bonds is 6. The van der Waals surface area contributed by atoms with Gasteiger partial charge >= 0.3 is 0 Å². The fourth-order valence-electron chi connectivity index (χ4n) is 2.01. The maximum Gasteiger partial charge on any atom is 0.249 e. The van der Waals surface area contributed by atoms with Gasteiger partial charge in [0.1, 0.15) is 5.75 Å². The molecule has 0 atom stereocenters. The Hall–Kier alpha value is -1.81. The van der Waals surface area contributed by atoms with Gasteiger partial charge in [-0.2, -0.15) is 0 Å². The van der Waals surface area contributed by atoms with E-state index in [9.17, 15) is 4.79 Å². The highest BCUT2D eigenvalue weighted by Gasteiger charge is 2.16. The largest absolute Gasteiger partial charge is 0.496 e. The van der Waals surface area contributed by atoms with E-state index in [2.05, 4.69) is 0 Å². The number of methoxy groups -OCH3 is 1. The predicted molar refractivity (Wildman–Crippen MR) is 76.0 cm³/mol. The molecule has 0 aliphatic carbocycles. The van der Waals surface area contributed by atoms with Gasteiger partial charge in [0.2, 0.25) is 5.91 Å². The van der Waals surface area contributed by atoms with Crippen LogP contribution in [0.5, 0.6) is 5.75 Å². The molecule has 0 saturated carbocycles. The highest BCUT2D eigenvalue weighted by atomic mass is 16.5. The Kier molecular flexibility index (Phi) is 5.57. The normalized spacial score (nSPS) is 12.0. The topological polar surface area (TPSA) is 61.5 Å². The average Bonchev–Trinajstić information content (AvgIpc) is 2.38. The van der Waals surface area contributed by atoms with Crippen LogP contribution in [0.25, 0.3) is 5.57 Å². The van der Waals surface area contributed by atoms with Crippen molar-refractivity contribution in [2.24, 2.45) is 5.73 Å². The molecule has 0 saturated heterocycles. The Labute approximate surface area is 114 Å². The van der Waals surface area contributed by atoms with Gasteiger partial charge in [0.15, 0.2) is 0 Å².